The molecule has 0 unspecified atom stereocenters. The molecule has 0 atom stereocenters. The van der Waals surface area contributed by atoms with E-state index in [2.05, 4.69) is 11.4 Å². The Balaban J connectivity index is 1.68. The first-order chi connectivity index (χ1) is 9.16. The van der Waals surface area contributed by atoms with Crippen LogP contribution < -0.4 is 5.73 Å². The smallest absolute Gasteiger partial charge is 0.222 e. The molecule has 2 N–H and O–H groups in total. The Labute approximate surface area is 117 Å². The number of likely N-dealkylation sites (tertiary alicyclic amines) is 1. The summed E-state index contributed by atoms with van der Waals surface area (Å²) in [5.41, 5.74) is 5.28. The molecule has 1 fully saturated rings. The van der Waals surface area contributed by atoms with Crippen LogP contribution >= 0.6 is 11.3 Å². The van der Waals surface area contributed by atoms with Gasteiger partial charge in [0, 0.05) is 30.3 Å². The number of nitrogens with zero attached hydrogens (tertiary/aromatic N) is 1. The molecule has 1 aliphatic rings. The Morgan fingerprint density at radius 3 is 2.68 bits per heavy atom. The summed E-state index contributed by atoms with van der Waals surface area (Å²) in [7, 11) is 0. The molecule has 0 aromatic carbocycles. The van der Waals surface area contributed by atoms with Gasteiger partial charge in [-0.15, -0.1) is 11.3 Å². The summed E-state index contributed by atoms with van der Waals surface area (Å²) in [5, 5.41) is 2.06. The Bertz CT molecular complexity index is 423. The predicted molar refractivity (Wildman–Crippen MR) is 75.8 cm³/mol. The van der Waals surface area contributed by atoms with E-state index < -0.39 is 0 Å². The SMILES string of the molecule is NC(=O)C1CCN(C(=O)CCCc2cccs2)CC1. The van der Waals surface area contributed by atoms with Crippen molar-refractivity contribution in [1.82, 2.24) is 4.90 Å². The number of rotatable bonds is 5. The van der Waals surface area contributed by atoms with Gasteiger partial charge in [-0.3, -0.25) is 9.59 Å². The zero-order valence-corrected chi connectivity index (χ0v) is 11.8. The van der Waals surface area contributed by atoms with Crippen molar-refractivity contribution in [2.24, 2.45) is 11.7 Å². The van der Waals surface area contributed by atoms with Crippen LogP contribution in [0.1, 0.15) is 30.6 Å². The minimum Gasteiger partial charge on any atom is -0.369 e. The lowest BCUT2D eigenvalue weighted by molar-refractivity contribution is -0.134. The van der Waals surface area contributed by atoms with E-state index in [0.29, 0.717) is 32.4 Å². The predicted octanol–water partition coefficient (Wildman–Crippen LogP) is 1.79. The van der Waals surface area contributed by atoms with Crippen LogP contribution in [-0.4, -0.2) is 29.8 Å². The third kappa shape index (κ3) is 4.06. The van der Waals surface area contributed by atoms with Crippen LogP contribution in [0.3, 0.4) is 0 Å². The molecule has 0 radical (unpaired) electrons. The van der Waals surface area contributed by atoms with E-state index in [1.165, 1.54) is 4.88 Å². The van der Waals surface area contributed by atoms with Crippen molar-refractivity contribution >= 4 is 23.2 Å². The molecule has 5 heteroatoms. The molecule has 2 rings (SSSR count). The van der Waals surface area contributed by atoms with E-state index in [9.17, 15) is 9.59 Å². The van der Waals surface area contributed by atoms with Crippen LogP contribution in [0.4, 0.5) is 0 Å². The highest BCUT2D eigenvalue weighted by Crippen LogP contribution is 2.18. The minimum atomic E-state index is -0.232. The highest BCUT2D eigenvalue weighted by molar-refractivity contribution is 7.09. The van der Waals surface area contributed by atoms with E-state index in [0.717, 1.165) is 12.8 Å². The molecular weight excluding hydrogens is 260 g/mol. The van der Waals surface area contributed by atoms with Gasteiger partial charge in [-0.25, -0.2) is 0 Å². The van der Waals surface area contributed by atoms with Crippen molar-refractivity contribution in [3.05, 3.63) is 22.4 Å². The molecule has 0 bridgehead atoms. The highest BCUT2D eigenvalue weighted by atomic mass is 32.1. The standard InChI is InChI=1S/C14H20N2O2S/c15-14(18)11-6-8-16(9-7-11)13(17)5-1-3-12-4-2-10-19-12/h2,4,10-11H,1,3,5-9H2,(H2,15,18). The molecule has 4 nitrogen and oxygen atoms in total. The van der Waals surface area contributed by atoms with Gasteiger partial charge in [-0.2, -0.15) is 0 Å². The van der Waals surface area contributed by atoms with Gasteiger partial charge in [-0.1, -0.05) is 6.07 Å². The fourth-order valence-corrected chi connectivity index (χ4v) is 3.19. The molecule has 1 saturated heterocycles. The maximum absolute atomic E-state index is 12.0. The summed E-state index contributed by atoms with van der Waals surface area (Å²) >= 11 is 1.74. The van der Waals surface area contributed by atoms with E-state index >= 15 is 0 Å². The zero-order chi connectivity index (χ0) is 13.7. The topological polar surface area (TPSA) is 63.4 Å². The summed E-state index contributed by atoms with van der Waals surface area (Å²) in [5.74, 6) is -0.0700. The molecule has 2 heterocycles. The first-order valence-corrected chi connectivity index (χ1v) is 7.64. The van der Waals surface area contributed by atoms with E-state index in [4.69, 9.17) is 5.73 Å². The summed E-state index contributed by atoms with van der Waals surface area (Å²) in [6.45, 7) is 1.34. The van der Waals surface area contributed by atoms with Crippen LogP contribution in [0.15, 0.2) is 17.5 Å². The summed E-state index contributed by atoms with van der Waals surface area (Å²) in [4.78, 5) is 26.3. The Morgan fingerprint density at radius 2 is 2.11 bits per heavy atom. The number of carbonyl (C=O) groups is 2. The summed E-state index contributed by atoms with van der Waals surface area (Å²) < 4.78 is 0. The van der Waals surface area contributed by atoms with Crippen LogP contribution in [0.5, 0.6) is 0 Å². The molecule has 0 saturated carbocycles. The lowest BCUT2D eigenvalue weighted by atomic mass is 9.96. The highest BCUT2D eigenvalue weighted by Gasteiger charge is 2.25. The first-order valence-electron chi connectivity index (χ1n) is 6.76. The second kappa shape index (κ2) is 6.70. The molecule has 104 valence electrons. The van der Waals surface area contributed by atoms with Gasteiger partial charge in [0.15, 0.2) is 0 Å². The maximum Gasteiger partial charge on any atom is 0.222 e. The van der Waals surface area contributed by atoms with Crippen molar-refractivity contribution in [3.63, 3.8) is 0 Å². The number of primary amides is 1. The fourth-order valence-electron chi connectivity index (χ4n) is 2.44. The first kappa shape index (κ1) is 14.1. The lowest BCUT2D eigenvalue weighted by Crippen LogP contribution is -2.41. The minimum absolute atomic E-state index is 0.0461. The number of hydrogen-bond donors (Lipinski definition) is 1. The third-order valence-electron chi connectivity index (χ3n) is 3.64. The molecule has 19 heavy (non-hydrogen) atoms. The number of thiophene rings is 1. The average molecular weight is 280 g/mol. The number of carbonyl (C=O) groups excluding carboxylic acids is 2. The van der Waals surface area contributed by atoms with Gasteiger partial charge >= 0.3 is 0 Å². The number of hydrogen-bond acceptors (Lipinski definition) is 3. The average Bonchev–Trinajstić information content (AvgIpc) is 2.92. The van der Waals surface area contributed by atoms with Gasteiger partial charge in [0.25, 0.3) is 0 Å². The zero-order valence-electron chi connectivity index (χ0n) is 11.0. The van der Waals surface area contributed by atoms with E-state index in [1.807, 2.05) is 11.0 Å². The van der Waals surface area contributed by atoms with Gasteiger partial charge in [0.2, 0.25) is 11.8 Å². The van der Waals surface area contributed by atoms with Crippen molar-refractivity contribution in [2.45, 2.75) is 32.1 Å². The van der Waals surface area contributed by atoms with Crippen LogP contribution in [-0.2, 0) is 16.0 Å². The quantitative estimate of drug-likeness (QED) is 0.894. The monoisotopic (exact) mass is 280 g/mol. The van der Waals surface area contributed by atoms with E-state index in [1.54, 1.807) is 11.3 Å². The van der Waals surface area contributed by atoms with Crippen molar-refractivity contribution in [2.75, 3.05) is 13.1 Å². The van der Waals surface area contributed by atoms with Crippen LogP contribution in [0.25, 0.3) is 0 Å². The summed E-state index contributed by atoms with van der Waals surface area (Å²) in [6, 6.07) is 4.14. The van der Waals surface area contributed by atoms with Crippen molar-refractivity contribution in [1.29, 1.82) is 0 Å². The Hall–Kier alpha value is -1.36. The normalized spacial score (nSPS) is 16.5. The molecule has 1 aliphatic heterocycles. The maximum atomic E-state index is 12.0. The van der Waals surface area contributed by atoms with Crippen molar-refractivity contribution < 1.29 is 9.59 Å². The van der Waals surface area contributed by atoms with Gasteiger partial charge in [0.1, 0.15) is 0 Å². The van der Waals surface area contributed by atoms with Gasteiger partial charge in [-0.05, 0) is 37.1 Å². The second-order valence-electron chi connectivity index (χ2n) is 4.99. The second-order valence-corrected chi connectivity index (χ2v) is 6.02. The Kier molecular flexibility index (Phi) is 4.96. The summed E-state index contributed by atoms with van der Waals surface area (Å²) in [6.07, 6.45) is 3.90. The number of aryl methyl sites for hydroxylation is 1. The largest absolute Gasteiger partial charge is 0.369 e. The van der Waals surface area contributed by atoms with Crippen LogP contribution in [0, 0.1) is 5.92 Å². The van der Waals surface area contributed by atoms with E-state index in [-0.39, 0.29) is 17.7 Å². The molecule has 2 amide bonds. The van der Waals surface area contributed by atoms with Crippen molar-refractivity contribution in [3.8, 4) is 0 Å². The van der Waals surface area contributed by atoms with Gasteiger partial charge < -0.3 is 10.6 Å². The Morgan fingerprint density at radius 1 is 1.37 bits per heavy atom. The van der Waals surface area contributed by atoms with Gasteiger partial charge in [0.05, 0.1) is 0 Å². The lowest BCUT2D eigenvalue weighted by Gasteiger charge is -2.30. The number of piperidine rings is 1. The molecule has 0 aliphatic carbocycles. The van der Waals surface area contributed by atoms with Crippen LogP contribution in [0.2, 0.25) is 0 Å². The third-order valence-corrected chi connectivity index (χ3v) is 4.58. The number of amides is 2. The molecular formula is C14H20N2O2S. The molecule has 1 aromatic rings. The number of nitrogens with two attached hydrogens (primary N) is 1. The fraction of sp³-hybridized carbons (Fsp3) is 0.571. The molecule has 1 aromatic heterocycles. The molecule has 0 spiro atoms.